The molecule has 0 saturated carbocycles. The van der Waals surface area contributed by atoms with Crippen molar-refractivity contribution in [2.75, 3.05) is 26.2 Å². The van der Waals surface area contributed by atoms with Crippen LogP contribution in [0.1, 0.15) is 11.1 Å². The number of aromatic nitrogens is 2. The molecule has 0 spiro atoms. The van der Waals surface area contributed by atoms with Crippen molar-refractivity contribution in [3.8, 4) is 11.3 Å². The summed E-state index contributed by atoms with van der Waals surface area (Å²) >= 11 is 0. The number of nitrogens with one attached hydrogen (secondary N) is 2. The molecule has 22 heavy (non-hydrogen) atoms. The fourth-order valence-corrected chi connectivity index (χ4v) is 2.62. The summed E-state index contributed by atoms with van der Waals surface area (Å²) in [6, 6.07) is 5.17. The molecule has 0 amide bonds. The highest BCUT2D eigenvalue weighted by Gasteiger charge is 2.30. The van der Waals surface area contributed by atoms with Crippen molar-refractivity contribution in [2.45, 2.75) is 12.7 Å². The molecule has 118 valence electrons. The summed E-state index contributed by atoms with van der Waals surface area (Å²) in [5.41, 5.74) is 1.86. The van der Waals surface area contributed by atoms with Gasteiger partial charge in [-0.3, -0.25) is 10.00 Å². The summed E-state index contributed by atoms with van der Waals surface area (Å²) in [7, 11) is 0. The van der Waals surface area contributed by atoms with Crippen LogP contribution in [0.4, 0.5) is 13.2 Å². The molecule has 4 nitrogen and oxygen atoms in total. The van der Waals surface area contributed by atoms with Crippen LogP contribution in [0, 0.1) is 0 Å². The van der Waals surface area contributed by atoms with E-state index in [1.54, 1.807) is 6.20 Å². The Labute approximate surface area is 126 Å². The fraction of sp³-hybridized carbons (Fsp3) is 0.400. The average Bonchev–Trinajstić information content (AvgIpc) is 2.96. The molecule has 1 fully saturated rings. The predicted octanol–water partition coefficient (Wildman–Crippen LogP) is 2.50. The van der Waals surface area contributed by atoms with Gasteiger partial charge in [0.25, 0.3) is 0 Å². The minimum absolute atomic E-state index is 0.639. The van der Waals surface area contributed by atoms with Gasteiger partial charge in [0, 0.05) is 38.3 Å². The maximum Gasteiger partial charge on any atom is 0.416 e. The van der Waals surface area contributed by atoms with Crippen LogP contribution in [0.5, 0.6) is 0 Å². The lowest BCUT2D eigenvalue weighted by molar-refractivity contribution is -0.137. The van der Waals surface area contributed by atoms with Crippen molar-refractivity contribution in [3.05, 3.63) is 41.6 Å². The topological polar surface area (TPSA) is 44.0 Å². The van der Waals surface area contributed by atoms with Crippen LogP contribution in [-0.4, -0.2) is 41.3 Å². The molecule has 2 N–H and O–H groups in total. The highest BCUT2D eigenvalue weighted by atomic mass is 19.4. The van der Waals surface area contributed by atoms with E-state index in [1.807, 2.05) is 0 Å². The molecule has 0 aliphatic carbocycles. The summed E-state index contributed by atoms with van der Waals surface area (Å²) < 4.78 is 37.9. The summed E-state index contributed by atoms with van der Waals surface area (Å²) in [6.07, 6.45) is -2.56. The van der Waals surface area contributed by atoms with Crippen LogP contribution < -0.4 is 5.32 Å². The lowest BCUT2D eigenvalue weighted by Gasteiger charge is -2.27. The summed E-state index contributed by atoms with van der Waals surface area (Å²) in [5.74, 6) is 0. The van der Waals surface area contributed by atoms with Gasteiger partial charge >= 0.3 is 6.18 Å². The highest BCUT2D eigenvalue weighted by molar-refractivity contribution is 5.63. The van der Waals surface area contributed by atoms with Crippen molar-refractivity contribution in [1.82, 2.24) is 20.4 Å². The van der Waals surface area contributed by atoms with Gasteiger partial charge in [-0.2, -0.15) is 18.3 Å². The number of aromatic amines is 1. The van der Waals surface area contributed by atoms with E-state index in [0.717, 1.165) is 61.7 Å². The van der Waals surface area contributed by atoms with E-state index < -0.39 is 11.7 Å². The maximum atomic E-state index is 12.6. The zero-order valence-electron chi connectivity index (χ0n) is 12.0. The smallest absolute Gasteiger partial charge is 0.314 e. The Morgan fingerprint density at radius 1 is 1.09 bits per heavy atom. The Balaban J connectivity index is 1.79. The molecule has 1 aromatic heterocycles. The van der Waals surface area contributed by atoms with Crippen molar-refractivity contribution in [2.24, 2.45) is 0 Å². The lowest BCUT2D eigenvalue weighted by Crippen LogP contribution is -2.42. The molecule has 1 saturated heterocycles. The van der Waals surface area contributed by atoms with E-state index in [1.165, 1.54) is 12.1 Å². The molecule has 0 radical (unpaired) electrons. The van der Waals surface area contributed by atoms with Gasteiger partial charge in [0.05, 0.1) is 17.5 Å². The van der Waals surface area contributed by atoms with Crippen LogP contribution in [-0.2, 0) is 12.7 Å². The van der Waals surface area contributed by atoms with Gasteiger partial charge in [0.1, 0.15) is 0 Å². The van der Waals surface area contributed by atoms with Crippen molar-refractivity contribution < 1.29 is 13.2 Å². The number of benzene rings is 1. The zero-order valence-corrected chi connectivity index (χ0v) is 12.0. The Morgan fingerprint density at radius 3 is 2.41 bits per heavy atom. The Morgan fingerprint density at radius 2 is 1.77 bits per heavy atom. The van der Waals surface area contributed by atoms with Gasteiger partial charge in [-0.15, -0.1) is 0 Å². The minimum Gasteiger partial charge on any atom is -0.314 e. The van der Waals surface area contributed by atoms with Crippen LogP contribution in [0.3, 0.4) is 0 Å². The van der Waals surface area contributed by atoms with Gasteiger partial charge in [-0.1, -0.05) is 12.1 Å². The molecular weight excluding hydrogens is 293 g/mol. The molecule has 2 aromatic rings. The molecule has 0 atom stereocenters. The van der Waals surface area contributed by atoms with Crippen molar-refractivity contribution in [1.29, 1.82) is 0 Å². The number of hydrogen-bond acceptors (Lipinski definition) is 3. The molecule has 3 rings (SSSR count). The number of alkyl halides is 3. The average molecular weight is 310 g/mol. The summed E-state index contributed by atoms with van der Waals surface area (Å²) in [5, 5.41) is 10.2. The number of piperazine rings is 1. The molecule has 0 unspecified atom stereocenters. The standard InChI is InChI=1S/C15H17F3N4/c16-15(17,18)13-3-1-11(2-4-13)14-12(9-20-21-14)10-22-7-5-19-6-8-22/h1-4,9,19H,5-8,10H2,(H,20,21). The third-order valence-electron chi connectivity index (χ3n) is 3.82. The predicted molar refractivity (Wildman–Crippen MR) is 77.2 cm³/mol. The first-order valence-corrected chi connectivity index (χ1v) is 7.17. The van der Waals surface area contributed by atoms with Gasteiger partial charge in [-0.25, -0.2) is 0 Å². The van der Waals surface area contributed by atoms with Gasteiger partial charge in [0.2, 0.25) is 0 Å². The molecule has 1 aliphatic heterocycles. The van der Waals surface area contributed by atoms with Gasteiger partial charge in [0.15, 0.2) is 0 Å². The number of H-pyrrole nitrogens is 1. The van der Waals surface area contributed by atoms with E-state index in [0.29, 0.717) is 0 Å². The van der Waals surface area contributed by atoms with E-state index in [-0.39, 0.29) is 0 Å². The quantitative estimate of drug-likeness (QED) is 0.915. The second-order valence-corrected chi connectivity index (χ2v) is 5.37. The normalized spacial score (nSPS) is 16.9. The number of nitrogens with zero attached hydrogens (tertiary/aromatic N) is 2. The first kappa shape index (κ1) is 15.1. The first-order chi connectivity index (χ1) is 10.5. The van der Waals surface area contributed by atoms with E-state index >= 15 is 0 Å². The van der Waals surface area contributed by atoms with Crippen molar-refractivity contribution in [3.63, 3.8) is 0 Å². The largest absolute Gasteiger partial charge is 0.416 e. The Hall–Kier alpha value is -1.86. The van der Waals surface area contributed by atoms with Gasteiger partial charge < -0.3 is 5.32 Å². The Kier molecular flexibility index (Phi) is 4.17. The SMILES string of the molecule is FC(F)(F)c1ccc(-c2[nH]ncc2CN2CCNCC2)cc1. The second kappa shape index (κ2) is 6.10. The minimum atomic E-state index is -4.31. The van der Waals surface area contributed by atoms with Crippen LogP contribution >= 0.6 is 0 Å². The van der Waals surface area contributed by atoms with E-state index in [2.05, 4.69) is 20.4 Å². The van der Waals surface area contributed by atoms with E-state index in [4.69, 9.17) is 0 Å². The number of rotatable bonds is 3. The van der Waals surface area contributed by atoms with Crippen LogP contribution in [0.2, 0.25) is 0 Å². The fourth-order valence-electron chi connectivity index (χ4n) is 2.62. The molecular formula is C15H17F3N4. The maximum absolute atomic E-state index is 12.6. The lowest BCUT2D eigenvalue weighted by atomic mass is 10.1. The molecule has 1 aliphatic rings. The van der Waals surface area contributed by atoms with Crippen LogP contribution in [0.25, 0.3) is 11.3 Å². The Bertz CT molecular complexity index is 612. The van der Waals surface area contributed by atoms with Gasteiger partial charge in [-0.05, 0) is 17.7 Å². The molecule has 1 aromatic carbocycles. The third kappa shape index (κ3) is 3.31. The summed E-state index contributed by atoms with van der Waals surface area (Å²) in [4.78, 5) is 2.30. The first-order valence-electron chi connectivity index (χ1n) is 7.17. The number of halogens is 3. The summed E-state index contributed by atoms with van der Waals surface area (Å²) in [6.45, 7) is 4.56. The van der Waals surface area contributed by atoms with Crippen molar-refractivity contribution >= 4 is 0 Å². The monoisotopic (exact) mass is 310 g/mol. The number of hydrogen-bond donors (Lipinski definition) is 2. The van der Waals surface area contributed by atoms with Crippen LogP contribution in [0.15, 0.2) is 30.5 Å². The molecule has 7 heteroatoms. The zero-order chi connectivity index (χ0) is 15.6. The molecule has 2 heterocycles. The van der Waals surface area contributed by atoms with E-state index in [9.17, 15) is 13.2 Å². The second-order valence-electron chi connectivity index (χ2n) is 5.37. The molecule has 0 bridgehead atoms. The highest BCUT2D eigenvalue weighted by Crippen LogP contribution is 2.31. The third-order valence-corrected chi connectivity index (χ3v) is 3.82.